The van der Waals surface area contributed by atoms with Crippen LogP contribution in [0.3, 0.4) is 0 Å². The lowest BCUT2D eigenvalue weighted by molar-refractivity contribution is -0.122. The van der Waals surface area contributed by atoms with E-state index in [-0.39, 0.29) is 11.9 Å². The van der Waals surface area contributed by atoms with Gasteiger partial charge in [0.2, 0.25) is 5.91 Å². The van der Waals surface area contributed by atoms with Crippen LogP contribution in [-0.4, -0.2) is 34.5 Å². The van der Waals surface area contributed by atoms with Crippen molar-refractivity contribution in [2.45, 2.75) is 50.6 Å². The Labute approximate surface area is 169 Å². The molecule has 1 amide bonds. The van der Waals surface area contributed by atoms with Gasteiger partial charge in [-0.3, -0.25) is 4.79 Å². The zero-order valence-corrected chi connectivity index (χ0v) is 16.3. The van der Waals surface area contributed by atoms with Crippen LogP contribution in [0.5, 0.6) is 0 Å². The fraction of sp³-hybridized carbons (Fsp3) is 0.476. The number of nitrogens with two attached hydrogens (primary N) is 2. The molecule has 29 heavy (non-hydrogen) atoms. The number of amides is 1. The van der Waals surface area contributed by atoms with E-state index >= 15 is 0 Å². The van der Waals surface area contributed by atoms with E-state index < -0.39 is 11.2 Å². The Hall–Kier alpha value is -2.74. The van der Waals surface area contributed by atoms with Gasteiger partial charge in [-0.1, -0.05) is 6.07 Å². The lowest BCUT2D eigenvalue weighted by Crippen LogP contribution is -2.33. The molecular weight excluding hydrogens is 371 g/mol. The van der Waals surface area contributed by atoms with Crippen molar-refractivity contribution in [1.29, 1.82) is 0 Å². The number of nitrogens with one attached hydrogen (secondary N) is 2. The summed E-state index contributed by atoms with van der Waals surface area (Å²) in [7, 11) is 0. The van der Waals surface area contributed by atoms with E-state index in [1.54, 1.807) is 18.2 Å². The number of halogens is 1. The molecule has 7 nitrogen and oxygen atoms in total. The summed E-state index contributed by atoms with van der Waals surface area (Å²) >= 11 is 0. The first-order valence-corrected chi connectivity index (χ1v) is 10.1. The second-order valence-electron chi connectivity index (χ2n) is 8.21. The highest BCUT2D eigenvalue weighted by molar-refractivity contribution is 5.84. The molecule has 2 heterocycles. The summed E-state index contributed by atoms with van der Waals surface area (Å²) in [6, 6.07) is 7.63. The SMILES string of the molecule is NC(=O)C1(CNc2cccc(-c3cc(NC4CCC(N)CC4)ncc3F)n2)CC1. The van der Waals surface area contributed by atoms with E-state index in [0.717, 1.165) is 38.5 Å². The van der Waals surface area contributed by atoms with Crippen molar-refractivity contribution in [2.24, 2.45) is 16.9 Å². The minimum atomic E-state index is -0.473. The van der Waals surface area contributed by atoms with Crippen molar-refractivity contribution in [2.75, 3.05) is 17.2 Å². The summed E-state index contributed by atoms with van der Waals surface area (Å²) in [4.78, 5) is 20.2. The van der Waals surface area contributed by atoms with Gasteiger partial charge >= 0.3 is 0 Å². The molecule has 2 aromatic rings. The highest BCUT2D eigenvalue weighted by Gasteiger charge is 2.48. The molecule has 4 rings (SSSR count). The first kappa shape index (κ1) is 19.6. The molecule has 2 aliphatic carbocycles. The molecule has 0 atom stereocenters. The summed E-state index contributed by atoms with van der Waals surface area (Å²) in [5, 5.41) is 6.56. The van der Waals surface area contributed by atoms with Crippen LogP contribution in [0.1, 0.15) is 38.5 Å². The lowest BCUT2D eigenvalue weighted by atomic mass is 9.92. The van der Waals surface area contributed by atoms with Crippen molar-refractivity contribution < 1.29 is 9.18 Å². The third kappa shape index (κ3) is 4.48. The summed E-state index contributed by atoms with van der Waals surface area (Å²) < 4.78 is 14.5. The van der Waals surface area contributed by atoms with Gasteiger partial charge in [-0.25, -0.2) is 14.4 Å². The number of primary amides is 1. The molecule has 2 fully saturated rings. The number of carbonyl (C=O) groups is 1. The average molecular weight is 398 g/mol. The van der Waals surface area contributed by atoms with E-state index in [9.17, 15) is 9.18 Å². The molecule has 0 unspecified atom stereocenters. The van der Waals surface area contributed by atoms with E-state index in [4.69, 9.17) is 11.5 Å². The highest BCUT2D eigenvalue weighted by Crippen LogP contribution is 2.45. The predicted molar refractivity (Wildman–Crippen MR) is 111 cm³/mol. The third-order valence-electron chi connectivity index (χ3n) is 5.99. The van der Waals surface area contributed by atoms with Crippen molar-refractivity contribution in [3.8, 4) is 11.3 Å². The maximum absolute atomic E-state index is 14.5. The Morgan fingerprint density at radius 1 is 1.21 bits per heavy atom. The van der Waals surface area contributed by atoms with E-state index in [2.05, 4.69) is 20.6 Å². The predicted octanol–water partition coefficient (Wildman–Crippen LogP) is 2.64. The molecule has 2 saturated carbocycles. The van der Waals surface area contributed by atoms with E-state index in [1.165, 1.54) is 6.20 Å². The van der Waals surface area contributed by atoms with Crippen LogP contribution < -0.4 is 22.1 Å². The van der Waals surface area contributed by atoms with Gasteiger partial charge in [-0.15, -0.1) is 0 Å². The number of hydrogen-bond acceptors (Lipinski definition) is 6. The molecule has 0 spiro atoms. The molecule has 2 aliphatic rings. The number of nitrogens with zero attached hydrogens (tertiary/aromatic N) is 2. The Kier molecular flexibility index (Phi) is 5.36. The minimum Gasteiger partial charge on any atom is -0.369 e. The van der Waals surface area contributed by atoms with Gasteiger partial charge in [0.05, 0.1) is 17.3 Å². The monoisotopic (exact) mass is 398 g/mol. The van der Waals surface area contributed by atoms with Crippen LogP contribution in [0.25, 0.3) is 11.3 Å². The standard InChI is InChI=1S/C21H27FN6O/c22-16-11-25-19(27-14-6-4-13(23)5-7-14)10-15(16)17-2-1-3-18(28-17)26-12-21(8-9-21)20(24)29/h1-3,10-11,13-14H,4-9,12,23H2,(H2,24,29)(H,25,27)(H,26,28). The van der Waals surface area contributed by atoms with Crippen LogP contribution in [-0.2, 0) is 4.79 Å². The lowest BCUT2D eigenvalue weighted by Gasteiger charge is -2.27. The van der Waals surface area contributed by atoms with Crippen LogP contribution in [0.4, 0.5) is 16.0 Å². The Bertz CT molecular complexity index is 892. The number of carbonyl (C=O) groups excluding carboxylic acids is 1. The van der Waals surface area contributed by atoms with Gasteiger partial charge < -0.3 is 22.1 Å². The molecule has 0 aliphatic heterocycles. The second-order valence-corrected chi connectivity index (χ2v) is 8.21. The number of hydrogen-bond donors (Lipinski definition) is 4. The number of pyridine rings is 2. The first-order valence-electron chi connectivity index (χ1n) is 10.1. The van der Waals surface area contributed by atoms with Crippen LogP contribution in [0, 0.1) is 11.2 Å². The van der Waals surface area contributed by atoms with Gasteiger partial charge in [0.15, 0.2) is 5.82 Å². The van der Waals surface area contributed by atoms with Crippen molar-refractivity contribution in [3.63, 3.8) is 0 Å². The van der Waals surface area contributed by atoms with Crippen LogP contribution in [0.2, 0.25) is 0 Å². The average Bonchev–Trinajstić information content (AvgIpc) is 3.51. The van der Waals surface area contributed by atoms with Crippen molar-refractivity contribution >= 4 is 17.5 Å². The van der Waals surface area contributed by atoms with Crippen molar-refractivity contribution in [1.82, 2.24) is 9.97 Å². The molecule has 0 radical (unpaired) electrons. The van der Waals surface area contributed by atoms with Crippen LogP contribution in [0.15, 0.2) is 30.5 Å². The fourth-order valence-corrected chi connectivity index (χ4v) is 3.79. The van der Waals surface area contributed by atoms with Gasteiger partial charge in [0.25, 0.3) is 0 Å². The molecule has 6 N–H and O–H groups in total. The fourth-order valence-electron chi connectivity index (χ4n) is 3.79. The summed E-state index contributed by atoms with van der Waals surface area (Å²) in [5.41, 5.74) is 11.9. The highest BCUT2D eigenvalue weighted by atomic mass is 19.1. The van der Waals surface area contributed by atoms with Crippen molar-refractivity contribution in [3.05, 3.63) is 36.3 Å². The largest absolute Gasteiger partial charge is 0.369 e. The first-order chi connectivity index (χ1) is 13.9. The van der Waals surface area contributed by atoms with Crippen LogP contribution >= 0.6 is 0 Å². The Morgan fingerprint density at radius 2 is 1.97 bits per heavy atom. The maximum Gasteiger partial charge on any atom is 0.225 e. The van der Waals surface area contributed by atoms with Gasteiger partial charge in [0, 0.05) is 24.2 Å². The number of rotatable bonds is 7. The summed E-state index contributed by atoms with van der Waals surface area (Å²) in [6.45, 7) is 0.439. The Morgan fingerprint density at radius 3 is 2.66 bits per heavy atom. The summed E-state index contributed by atoms with van der Waals surface area (Å²) in [5.74, 6) is 0.497. The van der Waals surface area contributed by atoms with E-state index in [1.807, 2.05) is 6.07 Å². The molecule has 154 valence electrons. The number of aromatic nitrogens is 2. The third-order valence-corrected chi connectivity index (χ3v) is 5.99. The molecule has 0 saturated heterocycles. The minimum absolute atomic E-state index is 0.272. The second kappa shape index (κ2) is 7.94. The maximum atomic E-state index is 14.5. The molecular formula is C21H27FN6O. The van der Waals surface area contributed by atoms with Gasteiger partial charge in [0.1, 0.15) is 11.6 Å². The molecule has 2 aromatic heterocycles. The van der Waals surface area contributed by atoms with Gasteiger partial charge in [-0.2, -0.15) is 0 Å². The zero-order valence-electron chi connectivity index (χ0n) is 16.3. The quantitative estimate of drug-likeness (QED) is 0.569. The zero-order chi connectivity index (χ0) is 20.4. The molecule has 0 aromatic carbocycles. The normalized spacial score (nSPS) is 22.7. The smallest absolute Gasteiger partial charge is 0.225 e. The van der Waals surface area contributed by atoms with Gasteiger partial charge in [-0.05, 0) is 56.7 Å². The van der Waals surface area contributed by atoms with E-state index in [0.29, 0.717) is 35.5 Å². The Balaban J connectivity index is 1.48. The molecule has 0 bridgehead atoms. The summed E-state index contributed by atoms with van der Waals surface area (Å²) in [6.07, 6.45) is 6.72. The number of anilines is 2. The topological polar surface area (TPSA) is 119 Å². The molecule has 8 heteroatoms.